The Morgan fingerprint density at radius 3 is 2.67 bits per heavy atom. The second-order valence-corrected chi connectivity index (χ2v) is 7.26. The molecule has 2 aromatic carbocycles. The molecule has 2 fully saturated rings. The van der Waals surface area contributed by atoms with Crippen LogP contribution >= 0.6 is 0 Å². The van der Waals surface area contributed by atoms with E-state index in [4.69, 9.17) is 9.47 Å². The van der Waals surface area contributed by atoms with Gasteiger partial charge in [-0.05, 0) is 67.6 Å². The van der Waals surface area contributed by atoms with Crippen molar-refractivity contribution in [1.29, 1.82) is 0 Å². The van der Waals surface area contributed by atoms with Crippen molar-refractivity contribution in [2.45, 2.75) is 44.4 Å². The molecule has 5 heteroatoms. The van der Waals surface area contributed by atoms with Crippen LogP contribution in [0.2, 0.25) is 0 Å². The fraction of sp³-hybridized carbons (Fsp3) is 0.409. The van der Waals surface area contributed by atoms with Crippen LogP contribution in [0.3, 0.4) is 0 Å². The van der Waals surface area contributed by atoms with Crippen LogP contribution in [0, 0.1) is 5.82 Å². The van der Waals surface area contributed by atoms with Gasteiger partial charge in [0.25, 0.3) is 5.91 Å². The lowest BCUT2D eigenvalue weighted by atomic mass is 10.1. The molecule has 0 unspecified atom stereocenters. The summed E-state index contributed by atoms with van der Waals surface area (Å²) in [5, 5.41) is 0. The summed E-state index contributed by atoms with van der Waals surface area (Å²) >= 11 is 0. The average Bonchev–Trinajstić information content (AvgIpc) is 3.39. The first-order chi connectivity index (χ1) is 13.2. The van der Waals surface area contributed by atoms with Gasteiger partial charge in [-0.2, -0.15) is 0 Å². The van der Waals surface area contributed by atoms with E-state index in [9.17, 15) is 9.18 Å². The summed E-state index contributed by atoms with van der Waals surface area (Å²) in [7, 11) is 0. The third-order valence-corrected chi connectivity index (χ3v) is 5.05. The van der Waals surface area contributed by atoms with E-state index in [1.54, 1.807) is 12.1 Å². The molecule has 4 rings (SSSR count). The number of hydrogen-bond acceptors (Lipinski definition) is 3. The maximum Gasteiger partial charge on any atom is 0.254 e. The van der Waals surface area contributed by atoms with Crippen molar-refractivity contribution < 1.29 is 18.7 Å². The van der Waals surface area contributed by atoms with Gasteiger partial charge in [-0.3, -0.25) is 4.79 Å². The molecule has 2 aromatic rings. The van der Waals surface area contributed by atoms with Crippen molar-refractivity contribution in [3.8, 4) is 5.75 Å². The topological polar surface area (TPSA) is 38.8 Å². The van der Waals surface area contributed by atoms with Gasteiger partial charge in [-0.25, -0.2) is 4.39 Å². The number of nitrogens with zero attached hydrogens (tertiary/aromatic N) is 1. The molecule has 1 saturated heterocycles. The Kier molecular flexibility index (Phi) is 5.39. The lowest BCUT2D eigenvalue weighted by Crippen LogP contribution is -2.32. The van der Waals surface area contributed by atoms with Crippen LogP contribution in [-0.2, 0) is 11.3 Å². The Bertz CT molecular complexity index is 782. The van der Waals surface area contributed by atoms with E-state index in [0.29, 0.717) is 18.7 Å². The summed E-state index contributed by atoms with van der Waals surface area (Å²) in [5.41, 5.74) is 1.55. The molecule has 0 spiro atoms. The molecule has 0 N–H and O–H groups in total. The highest BCUT2D eigenvalue weighted by Gasteiger charge is 2.33. The lowest BCUT2D eigenvalue weighted by Gasteiger charge is -2.23. The van der Waals surface area contributed by atoms with E-state index in [2.05, 4.69) is 0 Å². The minimum absolute atomic E-state index is 0.0526. The number of halogens is 1. The average molecular weight is 369 g/mol. The van der Waals surface area contributed by atoms with Crippen molar-refractivity contribution in [2.24, 2.45) is 0 Å². The second kappa shape index (κ2) is 8.09. The fourth-order valence-electron chi connectivity index (χ4n) is 3.41. The third-order valence-electron chi connectivity index (χ3n) is 5.05. The molecular weight excluding hydrogens is 345 g/mol. The van der Waals surface area contributed by atoms with Crippen molar-refractivity contribution in [2.75, 3.05) is 13.2 Å². The van der Waals surface area contributed by atoms with Gasteiger partial charge in [0.2, 0.25) is 0 Å². The monoisotopic (exact) mass is 369 g/mol. The van der Waals surface area contributed by atoms with Crippen LogP contribution in [0.4, 0.5) is 4.39 Å². The number of rotatable bonds is 7. The van der Waals surface area contributed by atoms with Crippen LogP contribution < -0.4 is 4.74 Å². The maximum absolute atomic E-state index is 13.2. The Morgan fingerprint density at radius 1 is 1.15 bits per heavy atom. The number of amides is 1. The summed E-state index contributed by atoms with van der Waals surface area (Å²) < 4.78 is 24.6. The van der Waals surface area contributed by atoms with Gasteiger partial charge in [0.05, 0.1) is 6.10 Å². The molecule has 0 aromatic heterocycles. The molecule has 1 aliphatic carbocycles. The Hall–Kier alpha value is -2.40. The Morgan fingerprint density at radius 2 is 1.96 bits per heavy atom. The van der Waals surface area contributed by atoms with Gasteiger partial charge in [0.1, 0.15) is 18.2 Å². The first-order valence-electron chi connectivity index (χ1n) is 9.59. The minimum Gasteiger partial charge on any atom is -0.491 e. The predicted molar refractivity (Wildman–Crippen MR) is 100 cm³/mol. The number of benzene rings is 2. The third kappa shape index (κ3) is 4.66. The fourth-order valence-corrected chi connectivity index (χ4v) is 3.41. The van der Waals surface area contributed by atoms with E-state index >= 15 is 0 Å². The number of ether oxygens (including phenoxy) is 2. The highest BCUT2D eigenvalue weighted by atomic mass is 19.1. The maximum atomic E-state index is 13.2. The van der Waals surface area contributed by atoms with Crippen molar-refractivity contribution in [3.05, 3.63) is 65.5 Å². The van der Waals surface area contributed by atoms with Crippen molar-refractivity contribution in [3.63, 3.8) is 0 Å². The van der Waals surface area contributed by atoms with Crippen LogP contribution in [-0.4, -0.2) is 36.2 Å². The van der Waals surface area contributed by atoms with Gasteiger partial charge < -0.3 is 14.4 Å². The van der Waals surface area contributed by atoms with Crippen LogP contribution in [0.25, 0.3) is 0 Å². The van der Waals surface area contributed by atoms with Gasteiger partial charge in [-0.15, -0.1) is 0 Å². The zero-order chi connectivity index (χ0) is 18.6. The van der Waals surface area contributed by atoms with E-state index in [0.717, 1.165) is 43.6 Å². The van der Waals surface area contributed by atoms with E-state index in [1.807, 2.05) is 29.2 Å². The van der Waals surface area contributed by atoms with Crippen LogP contribution in [0.1, 0.15) is 41.6 Å². The lowest BCUT2D eigenvalue weighted by molar-refractivity contribution is 0.0678. The Balaban J connectivity index is 1.43. The first-order valence-corrected chi connectivity index (χ1v) is 9.59. The Labute approximate surface area is 158 Å². The zero-order valence-electron chi connectivity index (χ0n) is 15.3. The molecule has 0 radical (unpaired) electrons. The highest BCUT2D eigenvalue weighted by molar-refractivity contribution is 5.94. The van der Waals surface area contributed by atoms with E-state index < -0.39 is 0 Å². The number of carbonyl (C=O) groups is 1. The molecule has 0 bridgehead atoms. The van der Waals surface area contributed by atoms with Crippen LogP contribution in [0.5, 0.6) is 5.75 Å². The minimum atomic E-state index is -0.333. The normalized spacial score (nSPS) is 19.1. The molecule has 1 heterocycles. The summed E-state index contributed by atoms with van der Waals surface area (Å²) in [6.07, 6.45) is 4.35. The molecule has 4 nitrogen and oxygen atoms in total. The molecular formula is C22H24FNO3. The molecule has 142 valence electrons. The second-order valence-electron chi connectivity index (χ2n) is 7.26. The number of hydrogen-bond donors (Lipinski definition) is 0. The first kappa shape index (κ1) is 18.0. The molecule has 2 aliphatic rings. The van der Waals surface area contributed by atoms with Crippen molar-refractivity contribution >= 4 is 5.91 Å². The zero-order valence-corrected chi connectivity index (χ0v) is 15.3. The van der Waals surface area contributed by atoms with Gasteiger partial charge in [-0.1, -0.05) is 12.1 Å². The SMILES string of the molecule is O=C(c1ccc(F)cc1)N(Cc1cccc(OC[C@H]2CCCO2)c1)C1CC1. The van der Waals surface area contributed by atoms with Gasteiger partial charge in [0, 0.05) is 24.8 Å². The van der Waals surface area contributed by atoms with E-state index in [1.165, 1.54) is 12.1 Å². The summed E-state index contributed by atoms with van der Waals surface area (Å²) in [6.45, 7) is 1.90. The van der Waals surface area contributed by atoms with Crippen molar-refractivity contribution in [1.82, 2.24) is 4.90 Å². The summed E-state index contributed by atoms with van der Waals surface area (Å²) in [4.78, 5) is 14.8. The van der Waals surface area contributed by atoms with Gasteiger partial charge in [0.15, 0.2) is 0 Å². The van der Waals surface area contributed by atoms with Crippen LogP contribution in [0.15, 0.2) is 48.5 Å². The summed E-state index contributed by atoms with van der Waals surface area (Å²) in [6, 6.07) is 13.9. The molecule has 1 saturated carbocycles. The smallest absolute Gasteiger partial charge is 0.254 e. The standard InChI is InChI=1S/C22H24FNO3/c23-18-8-6-17(7-9-18)22(25)24(19-10-11-19)14-16-3-1-4-20(13-16)27-15-21-5-2-12-26-21/h1,3-4,6-9,13,19,21H,2,5,10-12,14-15H2/t21-/m1/s1. The van der Waals surface area contributed by atoms with E-state index in [-0.39, 0.29) is 23.9 Å². The highest BCUT2D eigenvalue weighted by Crippen LogP contribution is 2.30. The quantitative estimate of drug-likeness (QED) is 0.735. The number of carbonyl (C=O) groups excluding carboxylic acids is 1. The summed E-state index contributed by atoms with van der Waals surface area (Å²) in [5.74, 6) is 0.414. The molecule has 27 heavy (non-hydrogen) atoms. The van der Waals surface area contributed by atoms with Gasteiger partial charge >= 0.3 is 0 Å². The predicted octanol–water partition coefficient (Wildman–Crippen LogP) is 4.19. The largest absolute Gasteiger partial charge is 0.491 e. The molecule has 1 atom stereocenters. The molecule has 1 aliphatic heterocycles. The molecule has 1 amide bonds.